The Labute approximate surface area is 169 Å². The van der Waals surface area contributed by atoms with Crippen LogP contribution in [0.25, 0.3) is 11.1 Å². The Bertz CT molecular complexity index is 999. The van der Waals surface area contributed by atoms with E-state index in [0.717, 1.165) is 5.56 Å². The van der Waals surface area contributed by atoms with Crippen LogP contribution in [0, 0.1) is 5.82 Å². The number of halogens is 1. The molecule has 0 atom stereocenters. The molecule has 5 nitrogen and oxygen atoms in total. The lowest BCUT2D eigenvalue weighted by molar-refractivity contribution is 0.0523. The molecule has 0 saturated carbocycles. The molecule has 0 aliphatic rings. The predicted molar refractivity (Wildman–Crippen MR) is 109 cm³/mol. The summed E-state index contributed by atoms with van der Waals surface area (Å²) in [5.74, 6) is 0.755. The van der Waals surface area contributed by atoms with Gasteiger partial charge >= 0.3 is 6.09 Å². The van der Waals surface area contributed by atoms with Crippen LogP contribution in [0.5, 0.6) is 11.5 Å². The first-order valence-corrected chi connectivity index (χ1v) is 9.24. The largest absolute Gasteiger partial charge is 0.456 e. The lowest BCUT2D eigenvalue weighted by Gasteiger charge is -2.19. The molecule has 0 radical (unpaired) electrons. The number of aromatic nitrogens is 1. The summed E-state index contributed by atoms with van der Waals surface area (Å²) < 4.78 is 25.1. The Balaban J connectivity index is 1.68. The minimum absolute atomic E-state index is 0.305. The molecule has 1 N–H and O–H groups in total. The van der Waals surface area contributed by atoms with E-state index in [-0.39, 0.29) is 5.82 Å². The fourth-order valence-electron chi connectivity index (χ4n) is 2.66. The van der Waals surface area contributed by atoms with Crippen molar-refractivity contribution in [1.82, 2.24) is 10.3 Å². The van der Waals surface area contributed by atoms with Gasteiger partial charge in [0.25, 0.3) is 0 Å². The summed E-state index contributed by atoms with van der Waals surface area (Å²) in [6.07, 6.45) is 2.67. The summed E-state index contributed by atoms with van der Waals surface area (Å²) in [6.45, 7) is 5.74. The zero-order chi connectivity index (χ0) is 20.9. The van der Waals surface area contributed by atoms with E-state index in [0.29, 0.717) is 29.2 Å². The molecule has 29 heavy (non-hydrogen) atoms. The average molecular weight is 394 g/mol. The van der Waals surface area contributed by atoms with Gasteiger partial charge in [-0.25, -0.2) is 9.18 Å². The molecule has 3 rings (SSSR count). The van der Waals surface area contributed by atoms with E-state index < -0.39 is 11.7 Å². The van der Waals surface area contributed by atoms with E-state index >= 15 is 0 Å². The third-order valence-electron chi connectivity index (χ3n) is 3.87. The van der Waals surface area contributed by atoms with Crippen molar-refractivity contribution in [3.05, 3.63) is 78.4 Å². The number of amides is 1. The van der Waals surface area contributed by atoms with Crippen molar-refractivity contribution < 1.29 is 18.7 Å². The van der Waals surface area contributed by atoms with Crippen molar-refractivity contribution in [2.75, 3.05) is 0 Å². The monoisotopic (exact) mass is 394 g/mol. The number of benzene rings is 2. The minimum atomic E-state index is -0.550. The zero-order valence-corrected chi connectivity index (χ0v) is 16.6. The second-order valence-electron chi connectivity index (χ2n) is 7.49. The number of hydrogen-bond acceptors (Lipinski definition) is 4. The van der Waals surface area contributed by atoms with Gasteiger partial charge in [0.05, 0.1) is 6.20 Å². The molecular weight excluding hydrogens is 371 g/mol. The summed E-state index contributed by atoms with van der Waals surface area (Å²) in [7, 11) is 0. The quantitative estimate of drug-likeness (QED) is 0.603. The van der Waals surface area contributed by atoms with Crippen LogP contribution in [0.15, 0.2) is 67.0 Å². The number of rotatable bonds is 5. The third kappa shape index (κ3) is 6.04. The van der Waals surface area contributed by atoms with E-state index in [1.165, 1.54) is 6.07 Å². The summed E-state index contributed by atoms with van der Waals surface area (Å²) in [5.41, 5.74) is 1.39. The number of hydrogen-bond donors (Lipinski definition) is 1. The number of pyridine rings is 1. The third-order valence-corrected chi connectivity index (χ3v) is 3.87. The van der Waals surface area contributed by atoms with Crippen molar-refractivity contribution in [3.63, 3.8) is 0 Å². The standard InChI is InChI=1S/C23H23FN2O3/c1-23(2,3)29-22(27)26-13-16-7-6-8-18(11-16)28-19-12-17(14-25-15-19)20-9-4-5-10-21(20)24/h4-12,14-15H,13H2,1-3H3,(H,26,27). The maximum atomic E-state index is 14.0. The highest BCUT2D eigenvalue weighted by molar-refractivity contribution is 5.67. The van der Waals surface area contributed by atoms with E-state index in [1.54, 1.807) is 42.7 Å². The maximum absolute atomic E-state index is 14.0. The van der Waals surface area contributed by atoms with Crippen LogP contribution in [0.1, 0.15) is 26.3 Å². The smallest absolute Gasteiger partial charge is 0.407 e. The fraction of sp³-hybridized carbons (Fsp3) is 0.217. The first-order valence-electron chi connectivity index (χ1n) is 9.24. The normalized spacial score (nSPS) is 11.0. The van der Waals surface area contributed by atoms with E-state index in [9.17, 15) is 9.18 Å². The van der Waals surface area contributed by atoms with Crippen molar-refractivity contribution >= 4 is 6.09 Å². The van der Waals surface area contributed by atoms with Crippen molar-refractivity contribution in [3.8, 4) is 22.6 Å². The Hall–Kier alpha value is -3.41. The van der Waals surface area contributed by atoms with Crippen molar-refractivity contribution in [2.24, 2.45) is 0 Å². The SMILES string of the molecule is CC(C)(C)OC(=O)NCc1cccc(Oc2cncc(-c3ccccc3F)c2)c1. The Kier molecular flexibility index (Phi) is 6.12. The fourth-order valence-corrected chi connectivity index (χ4v) is 2.66. The molecular formula is C23H23FN2O3. The van der Waals surface area contributed by atoms with Gasteiger partial charge in [0, 0.05) is 23.9 Å². The molecule has 3 aromatic rings. The first-order chi connectivity index (χ1) is 13.8. The van der Waals surface area contributed by atoms with Gasteiger partial charge in [-0.3, -0.25) is 4.98 Å². The summed E-state index contributed by atoms with van der Waals surface area (Å²) in [4.78, 5) is 16.0. The lowest BCUT2D eigenvalue weighted by atomic mass is 10.1. The number of nitrogens with zero attached hydrogens (tertiary/aromatic N) is 1. The van der Waals surface area contributed by atoms with E-state index in [1.807, 2.05) is 39.0 Å². The molecule has 1 aromatic heterocycles. The molecule has 1 amide bonds. The first kappa shape index (κ1) is 20.3. The highest BCUT2D eigenvalue weighted by atomic mass is 19.1. The number of alkyl carbamates (subject to hydrolysis) is 1. The molecule has 6 heteroatoms. The molecule has 0 unspecified atom stereocenters. The highest BCUT2D eigenvalue weighted by Crippen LogP contribution is 2.28. The van der Waals surface area contributed by atoms with Gasteiger partial charge in [0.2, 0.25) is 0 Å². The second-order valence-corrected chi connectivity index (χ2v) is 7.49. The van der Waals surface area contributed by atoms with Gasteiger partial charge in [0.15, 0.2) is 0 Å². The second kappa shape index (κ2) is 8.73. The Morgan fingerprint density at radius 1 is 1.03 bits per heavy atom. The van der Waals surface area contributed by atoms with Gasteiger partial charge in [0.1, 0.15) is 22.9 Å². The van der Waals surface area contributed by atoms with Crippen LogP contribution in [0.2, 0.25) is 0 Å². The summed E-state index contributed by atoms with van der Waals surface area (Å²) in [6, 6.07) is 15.6. The molecule has 2 aromatic carbocycles. The lowest BCUT2D eigenvalue weighted by Crippen LogP contribution is -2.32. The average Bonchev–Trinajstić information content (AvgIpc) is 2.66. The van der Waals surface area contributed by atoms with Crippen LogP contribution < -0.4 is 10.1 Å². The number of carbonyl (C=O) groups excluding carboxylic acids is 1. The topological polar surface area (TPSA) is 60.5 Å². The van der Waals surface area contributed by atoms with Gasteiger partial charge in [-0.2, -0.15) is 0 Å². The van der Waals surface area contributed by atoms with Gasteiger partial charge < -0.3 is 14.8 Å². The molecule has 0 aliphatic carbocycles. The van der Waals surface area contributed by atoms with Crippen LogP contribution in [-0.4, -0.2) is 16.7 Å². The number of ether oxygens (including phenoxy) is 2. The molecule has 0 fully saturated rings. The van der Waals surface area contributed by atoms with Crippen LogP contribution >= 0.6 is 0 Å². The van der Waals surface area contributed by atoms with Crippen LogP contribution in [-0.2, 0) is 11.3 Å². The molecule has 0 bridgehead atoms. The molecule has 0 spiro atoms. The van der Waals surface area contributed by atoms with Crippen LogP contribution in [0.3, 0.4) is 0 Å². The minimum Gasteiger partial charge on any atom is -0.456 e. The summed E-state index contributed by atoms with van der Waals surface area (Å²) in [5, 5.41) is 2.71. The zero-order valence-electron chi connectivity index (χ0n) is 16.6. The van der Waals surface area contributed by atoms with Gasteiger partial charge in [-0.15, -0.1) is 0 Å². The van der Waals surface area contributed by atoms with Gasteiger partial charge in [-0.05, 0) is 50.6 Å². The number of carbonyl (C=O) groups is 1. The highest BCUT2D eigenvalue weighted by Gasteiger charge is 2.15. The van der Waals surface area contributed by atoms with Gasteiger partial charge in [-0.1, -0.05) is 30.3 Å². The molecule has 1 heterocycles. The summed E-state index contributed by atoms with van der Waals surface area (Å²) >= 11 is 0. The molecule has 0 saturated heterocycles. The Morgan fingerprint density at radius 2 is 1.83 bits per heavy atom. The van der Waals surface area contributed by atoms with Crippen LogP contribution in [0.4, 0.5) is 9.18 Å². The maximum Gasteiger partial charge on any atom is 0.407 e. The van der Waals surface area contributed by atoms with E-state index in [2.05, 4.69) is 10.3 Å². The number of nitrogens with one attached hydrogen (secondary N) is 1. The van der Waals surface area contributed by atoms with Crippen molar-refractivity contribution in [1.29, 1.82) is 0 Å². The molecule has 0 aliphatic heterocycles. The van der Waals surface area contributed by atoms with E-state index in [4.69, 9.17) is 9.47 Å². The predicted octanol–water partition coefficient (Wildman–Crippen LogP) is 5.70. The molecule has 150 valence electrons. The van der Waals surface area contributed by atoms with Crippen molar-refractivity contribution in [2.45, 2.75) is 32.9 Å². The Morgan fingerprint density at radius 3 is 2.59 bits per heavy atom.